The Morgan fingerprint density at radius 1 is 0.366 bits per heavy atom. The lowest BCUT2D eigenvalue weighted by molar-refractivity contribution is -0.280. The summed E-state index contributed by atoms with van der Waals surface area (Å²) in [5.74, 6) is 32.2. The zero-order chi connectivity index (χ0) is 26.7. The van der Waals surface area contributed by atoms with Crippen LogP contribution in [0.2, 0.25) is 0 Å². The van der Waals surface area contributed by atoms with Gasteiger partial charge in [0.05, 0.1) is 0 Å². The van der Waals surface area contributed by atoms with Crippen molar-refractivity contribution in [1.82, 2.24) is 0 Å². The lowest BCUT2D eigenvalue weighted by Crippen LogP contribution is -2.71. The summed E-state index contributed by atoms with van der Waals surface area (Å²) in [6.45, 7) is 17.1. The Hall–Kier alpha value is 0. The van der Waals surface area contributed by atoms with Crippen LogP contribution < -0.4 is 0 Å². The second-order valence-electron chi connectivity index (χ2n) is 21.5. The van der Waals surface area contributed by atoms with Crippen LogP contribution >= 0.6 is 0 Å². The van der Waals surface area contributed by atoms with Gasteiger partial charge >= 0.3 is 0 Å². The molecule has 15 fully saturated rings. The van der Waals surface area contributed by atoms with Crippen molar-refractivity contribution in [1.29, 1.82) is 0 Å². The van der Waals surface area contributed by atoms with Gasteiger partial charge in [0, 0.05) is 0 Å². The highest BCUT2D eigenvalue weighted by Crippen LogP contribution is 3.01. The van der Waals surface area contributed by atoms with Crippen LogP contribution in [0.5, 0.6) is 0 Å². The summed E-state index contributed by atoms with van der Waals surface area (Å²) in [5.41, 5.74) is 1.66. The Kier molecular flexibility index (Phi) is 3.27. The maximum absolute atomic E-state index is 2.90. The average molecular weight is 549 g/mol. The van der Waals surface area contributed by atoms with Gasteiger partial charge < -0.3 is 0 Å². The molecule has 41 heavy (non-hydrogen) atoms. The molecule has 0 aromatic carbocycles. The third kappa shape index (κ3) is 1.67. The van der Waals surface area contributed by atoms with Crippen LogP contribution in [0.25, 0.3) is 0 Å². The minimum Gasteiger partial charge on any atom is -0.0620 e. The molecule has 0 aromatic rings. The molecule has 220 valence electrons. The van der Waals surface area contributed by atoms with Gasteiger partial charge in [0.1, 0.15) is 0 Å². The Morgan fingerprint density at radius 3 is 1.66 bits per heavy atom. The lowest BCUT2D eigenvalue weighted by atomic mass is 9.29. The van der Waals surface area contributed by atoms with E-state index >= 15 is 0 Å². The molecule has 0 heteroatoms. The van der Waals surface area contributed by atoms with E-state index in [1.54, 1.807) is 32.1 Å². The molecule has 0 amide bonds. The zero-order valence-electron chi connectivity index (χ0n) is 26.7. The van der Waals surface area contributed by atoms with Crippen molar-refractivity contribution in [2.24, 2.45) is 177 Å². The minimum absolute atomic E-state index is 0.819. The summed E-state index contributed by atoms with van der Waals surface area (Å²) in [5, 5.41) is 0. The fourth-order valence-corrected chi connectivity index (χ4v) is 23.0. The Bertz CT molecular complexity index is 1340. The van der Waals surface area contributed by atoms with Gasteiger partial charge in [0.15, 0.2) is 0 Å². The predicted octanol–water partition coefficient (Wildman–Crippen LogP) is 8.47. The molecule has 0 aliphatic heterocycles. The van der Waals surface area contributed by atoms with E-state index in [1.165, 1.54) is 71.0 Å². The first-order valence-electron chi connectivity index (χ1n) is 19.9. The number of fused-ring (bicyclic) bond motifs is 4. The van der Waals surface area contributed by atoms with Crippen molar-refractivity contribution in [3.05, 3.63) is 0 Å². The smallest absolute Gasteiger partial charge is 0.0162 e. The summed E-state index contributed by atoms with van der Waals surface area (Å²) >= 11 is 0. The van der Waals surface area contributed by atoms with Gasteiger partial charge in [-0.05, 0) is 209 Å². The molecule has 15 rings (SSSR count). The topological polar surface area (TPSA) is 0 Å². The van der Waals surface area contributed by atoms with E-state index in [9.17, 15) is 0 Å². The number of hydrogen-bond acceptors (Lipinski definition) is 0. The van der Waals surface area contributed by atoms with Crippen molar-refractivity contribution >= 4 is 0 Å². The summed E-state index contributed by atoms with van der Waals surface area (Å²) < 4.78 is 0. The van der Waals surface area contributed by atoms with E-state index in [4.69, 9.17) is 0 Å². The maximum Gasteiger partial charge on any atom is -0.0162 e. The van der Waals surface area contributed by atoms with E-state index in [1.807, 2.05) is 0 Å². The average Bonchev–Trinajstić information content (AvgIpc) is 3.75. The lowest BCUT2D eigenvalue weighted by Gasteiger charge is -2.75. The number of rotatable bonds is 0. The molecule has 0 heterocycles. The third-order valence-electron chi connectivity index (χ3n) is 23.2. The van der Waals surface area contributed by atoms with Crippen LogP contribution in [0.15, 0.2) is 0 Å². The Balaban J connectivity index is 1.05. The van der Waals surface area contributed by atoms with Crippen LogP contribution in [0.3, 0.4) is 0 Å². The normalized spacial score (nSPS) is 86.5. The SMILES string of the molecule is CC1C2CC1C1C3C(C)C1C1C4C(C)C1C(C3C2)C1C2C(C)C(C42)C2C3C4C5C(C)C4C(C4CCC45)C14CC24C3C. The van der Waals surface area contributed by atoms with E-state index in [0.717, 1.165) is 106 Å². The minimum atomic E-state index is 0.819. The van der Waals surface area contributed by atoms with Gasteiger partial charge in [0.2, 0.25) is 0 Å². The first-order valence-corrected chi connectivity index (χ1v) is 19.9. The second-order valence-corrected chi connectivity index (χ2v) is 21.5. The molecule has 0 nitrogen and oxygen atoms in total. The molecular weight excluding hydrogens is 492 g/mol. The summed E-state index contributed by atoms with van der Waals surface area (Å²) in [4.78, 5) is 0. The Labute approximate surface area is 249 Å². The van der Waals surface area contributed by atoms with Gasteiger partial charge in [-0.2, -0.15) is 0 Å². The van der Waals surface area contributed by atoms with E-state index in [0.29, 0.717) is 0 Å². The predicted molar refractivity (Wildman–Crippen MR) is 160 cm³/mol. The van der Waals surface area contributed by atoms with Crippen molar-refractivity contribution in [2.75, 3.05) is 0 Å². The molecule has 30 atom stereocenters. The number of hydrogen-bond donors (Lipinski definition) is 0. The summed E-state index contributed by atoms with van der Waals surface area (Å²) in [6, 6.07) is 0. The van der Waals surface area contributed by atoms with Crippen molar-refractivity contribution in [3.8, 4) is 0 Å². The van der Waals surface area contributed by atoms with Crippen LogP contribution in [-0.2, 0) is 0 Å². The molecular formula is C41H56. The highest BCUT2D eigenvalue weighted by Gasteiger charge is 2.97. The molecule has 1 spiro atoms. The van der Waals surface area contributed by atoms with Gasteiger partial charge in [-0.3, -0.25) is 0 Å². The van der Waals surface area contributed by atoms with Gasteiger partial charge in [-0.25, -0.2) is 0 Å². The van der Waals surface area contributed by atoms with E-state index in [2.05, 4.69) is 41.5 Å². The standard InChI is InChI=1S/C41H56/c1-12-18-9-21(12)32-24-13(2)25(32)35-26-15(4)27(35)36-29-16(5)30(36)39(33(26)22(24)10-18)41-11-40(41)17(6)31(38(29)40)34-23-14(3)28(34)37(41)20-8-7-19(20)23/h12-39H,7-11H2,1-6H3. The fourth-order valence-electron chi connectivity index (χ4n) is 23.0. The van der Waals surface area contributed by atoms with E-state index in [-0.39, 0.29) is 0 Å². The van der Waals surface area contributed by atoms with Crippen LogP contribution in [0.1, 0.15) is 73.6 Å². The molecule has 30 unspecified atom stereocenters. The first kappa shape index (κ1) is 22.5. The summed E-state index contributed by atoms with van der Waals surface area (Å²) in [6.07, 6.45) is 8.42. The van der Waals surface area contributed by atoms with Gasteiger partial charge in [-0.1, -0.05) is 41.5 Å². The highest BCUT2D eigenvalue weighted by atomic mass is 15.0. The van der Waals surface area contributed by atoms with Crippen molar-refractivity contribution in [2.45, 2.75) is 73.6 Å². The largest absolute Gasteiger partial charge is 0.0620 e. The van der Waals surface area contributed by atoms with Gasteiger partial charge in [-0.15, -0.1) is 0 Å². The molecule has 15 aliphatic carbocycles. The van der Waals surface area contributed by atoms with E-state index < -0.39 is 0 Å². The van der Waals surface area contributed by atoms with Gasteiger partial charge in [0.25, 0.3) is 0 Å². The van der Waals surface area contributed by atoms with Crippen LogP contribution in [0, 0.1) is 177 Å². The van der Waals surface area contributed by atoms with Crippen molar-refractivity contribution in [3.63, 3.8) is 0 Å². The quantitative estimate of drug-likeness (QED) is 0.285. The second kappa shape index (κ2) is 5.96. The molecule has 0 N–H and O–H groups in total. The summed E-state index contributed by atoms with van der Waals surface area (Å²) in [7, 11) is 0. The van der Waals surface area contributed by atoms with Crippen molar-refractivity contribution < 1.29 is 0 Å². The Morgan fingerprint density at radius 2 is 0.902 bits per heavy atom. The molecule has 22 bridgehead atoms. The molecule has 0 aromatic heterocycles. The monoisotopic (exact) mass is 548 g/mol. The molecule has 15 saturated carbocycles. The molecule has 15 aliphatic rings. The highest BCUT2D eigenvalue weighted by molar-refractivity contribution is 5.44. The third-order valence-corrected chi connectivity index (χ3v) is 23.2. The zero-order valence-corrected chi connectivity index (χ0v) is 26.7. The molecule has 0 radical (unpaired) electrons. The maximum atomic E-state index is 2.90. The van der Waals surface area contributed by atoms with Crippen LogP contribution in [-0.4, -0.2) is 0 Å². The first-order chi connectivity index (χ1) is 19.9. The van der Waals surface area contributed by atoms with Crippen LogP contribution in [0.4, 0.5) is 0 Å². The molecule has 0 saturated heterocycles. The fraction of sp³-hybridized carbons (Fsp3) is 1.00.